The molecule has 0 fully saturated rings. The molecular weight excluding hydrogens is 283 g/mol. The monoisotopic (exact) mass is 298 g/mol. The molecule has 0 saturated carbocycles. The zero-order valence-electron chi connectivity index (χ0n) is 11.9. The Balaban J connectivity index is 1.66. The van der Waals surface area contributed by atoms with E-state index in [1.807, 2.05) is 12.1 Å². The third-order valence-corrected chi connectivity index (χ3v) is 3.52. The van der Waals surface area contributed by atoms with Crippen LogP contribution in [0, 0.1) is 5.82 Å². The number of nitrogens with zero attached hydrogens (tertiary/aromatic N) is 3. The van der Waals surface area contributed by atoms with Gasteiger partial charge in [0, 0.05) is 24.8 Å². The number of hydrogen-bond acceptors (Lipinski definition) is 3. The number of anilines is 1. The van der Waals surface area contributed by atoms with E-state index in [1.54, 1.807) is 35.4 Å². The van der Waals surface area contributed by atoms with Gasteiger partial charge in [-0.25, -0.2) is 9.18 Å². The van der Waals surface area contributed by atoms with Gasteiger partial charge in [-0.15, -0.1) is 5.10 Å². The summed E-state index contributed by atoms with van der Waals surface area (Å²) in [4.78, 5) is 13.8. The summed E-state index contributed by atoms with van der Waals surface area (Å²) in [5.74, 6) is 0.183. The Morgan fingerprint density at radius 3 is 2.77 bits per heavy atom. The number of carbonyl (C=O) groups excluding carboxylic acids is 1. The molecule has 22 heavy (non-hydrogen) atoms. The third-order valence-electron chi connectivity index (χ3n) is 3.52. The minimum atomic E-state index is -0.232. The second-order valence-corrected chi connectivity index (χ2v) is 4.94. The predicted octanol–water partition coefficient (Wildman–Crippen LogP) is 2.94. The normalized spacial score (nSPS) is 14.4. The highest BCUT2D eigenvalue weighted by atomic mass is 19.1. The zero-order chi connectivity index (χ0) is 15.4. The topological polar surface area (TPSA) is 58.1 Å². The number of carbonyl (C=O) groups is 1. The lowest BCUT2D eigenvalue weighted by Crippen LogP contribution is -2.38. The van der Waals surface area contributed by atoms with E-state index in [9.17, 15) is 9.18 Å². The molecule has 0 saturated heterocycles. The Morgan fingerprint density at radius 2 is 2.09 bits per heavy atom. The molecule has 1 aromatic carbocycles. The van der Waals surface area contributed by atoms with E-state index in [2.05, 4.69) is 15.5 Å². The van der Waals surface area contributed by atoms with Gasteiger partial charge in [0.1, 0.15) is 5.82 Å². The average Bonchev–Trinajstić information content (AvgIpc) is 2.56. The maximum Gasteiger partial charge on any atom is 0.323 e. The lowest BCUT2D eigenvalue weighted by atomic mass is 9.99. The van der Waals surface area contributed by atoms with E-state index < -0.39 is 0 Å². The van der Waals surface area contributed by atoms with Crippen LogP contribution in [0.1, 0.15) is 12.0 Å². The molecule has 0 bridgehead atoms. The highest BCUT2D eigenvalue weighted by Gasteiger charge is 2.19. The SMILES string of the molecule is O=C(Nc1cccnn1)N1CC=C(c2ccccc2F)CC1. The fourth-order valence-electron chi connectivity index (χ4n) is 2.38. The fraction of sp³-hybridized carbons (Fsp3) is 0.188. The molecule has 1 aromatic heterocycles. The van der Waals surface area contributed by atoms with Crippen molar-refractivity contribution in [2.24, 2.45) is 0 Å². The molecule has 2 amide bonds. The van der Waals surface area contributed by atoms with E-state index in [-0.39, 0.29) is 11.8 Å². The van der Waals surface area contributed by atoms with Crippen LogP contribution in [0.5, 0.6) is 0 Å². The third kappa shape index (κ3) is 3.11. The van der Waals surface area contributed by atoms with Gasteiger partial charge in [0.15, 0.2) is 5.82 Å². The van der Waals surface area contributed by atoms with Gasteiger partial charge in [0.2, 0.25) is 0 Å². The van der Waals surface area contributed by atoms with Crippen LogP contribution in [-0.2, 0) is 0 Å². The molecule has 2 aromatic rings. The second kappa shape index (κ2) is 6.34. The van der Waals surface area contributed by atoms with Gasteiger partial charge >= 0.3 is 6.03 Å². The van der Waals surface area contributed by atoms with Gasteiger partial charge in [-0.2, -0.15) is 5.10 Å². The van der Waals surface area contributed by atoms with Gasteiger partial charge in [-0.1, -0.05) is 24.3 Å². The molecule has 0 radical (unpaired) electrons. The van der Waals surface area contributed by atoms with Crippen LogP contribution in [0.25, 0.3) is 5.57 Å². The van der Waals surface area contributed by atoms with Gasteiger partial charge in [-0.3, -0.25) is 5.32 Å². The standard InChI is InChI=1S/C16H15FN4O/c17-14-5-2-1-4-13(14)12-7-10-21(11-8-12)16(22)19-15-6-3-9-18-20-15/h1-7,9H,8,10-11H2,(H,19,20,22). The van der Waals surface area contributed by atoms with Crippen LogP contribution in [0.2, 0.25) is 0 Å². The average molecular weight is 298 g/mol. The van der Waals surface area contributed by atoms with E-state index >= 15 is 0 Å². The van der Waals surface area contributed by atoms with Gasteiger partial charge in [-0.05, 0) is 30.2 Å². The van der Waals surface area contributed by atoms with Crippen LogP contribution in [0.15, 0.2) is 48.7 Å². The molecule has 2 heterocycles. The molecule has 1 aliphatic heterocycles. The highest BCUT2D eigenvalue weighted by Crippen LogP contribution is 2.24. The summed E-state index contributed by atoms with van der Waals surface area (Å²) in [6.45, 7) is 0.974. The maximum atomic E-state index is 13.8. The molecule has 6 heteroatoms. The van der Waals surface area contributed by atoms with Crippen molar-refractivity contribution in [1.82, 2.24) is 15.1 Å². The molecule has 0 unspecified atom stereocenters. The largest absolute Gasteiger partial charge is 0.323 e. The van der Waals surface area contributed by atoms with Crippen molar-refractivity contribution in [3.05, 3.63) is 60.1 Å². The highest BCUT2D eigenvalue weighted by molar-refractivity contribution is 5.89. The van der Waals surface area contributed by atoms with E-state index in [0.717, 1.165) is 5.57 Å². The van der Waals surface area contributed by atoms with Crippen molar-refractivity contribution < 1.29 is 9.18 Å². The second-order valence-electron chi connectivity index (χ2n) is 4.94. The quantitative estimate of drug-likeness (QED) is 0.927. The van der Waals surface area contributed by atoms with Crippen molar-refractivity contribution in [3.8, 4) is 0 Å². The fourth-order valence-corrected chi connectivity index (χ4v) is 2.38. The first-order valence-electron chi connectivity index (χ1n) is 7.01. The molecule has 0 aliphatic carbocycles. The number of urea groups is 1. The number of nitrogens with one attached hydrogen (secondary N) is 1. The summed E-state index contributed by atoms with van der Waals surface area (Å²) in [6, 6.07) is 9.84. The van der Waals surface area contributed by atoms with Crippen molar-refractivity contribution in [2.75, 3.05) is 18.4 Å². The predicted molar refractivity (Wildman–Crippen MR) is 81.6 cm³/mol. The van der Waals surface area contributed by atoms with Crippen molar-refractivity contribution in [3.63, 3.8) is 0 Å². The van der Waals surface area contributed by atoms with Crippen molar-refractivity contribution in [2.45, 2.75) is 6.42 Å². The molecule has 1 N–H and O–H groups in total. The summed E-state index contributed by atoms with van der Waals surface area (Å²) in [5.41, 5.74) is 1.54. The first-order chi connectivity index (χ1) is 10.7. The molecular formula is C16H15FN4O. The van der Waals surface area contributed by atoms with E-state index in [0.29, 0.717) is 30.9 Å². The molecule has 0 atom stereocenters. The number of halogens is 1. The summed E-state index contributed by atoms with van der Waals surface area (Å²) < 4.78 is 13.8. The van der Waals surface area contributed by atoms with Crippen LogP contribution in [-0.4, -0.2) is 34.2 Å². The zero-order valence-corrected chi connectivity index (χ0v) is 11.9. The molecule has 1 aliphatic rings. The molecule has 112 valence electrons. The Kier molecular flexibility index (Phi) is 4.09. The number of amides is 2. The minimum Gasteiger partial charge on any atom is -0.320 e. The van der Waals surface area contributed by atoms with Crippen LogP contribution < -0.4 is 5.32 Å². The minimum absolute atomic E-state index is 0.230. The Morgan fingerprint density at radius 1 is 1.23 bits per heavy atom. The number of benzene rings is 1. The first kappa shape index (κ1) is 14.2. The Hall–Kier alpha value is -2.76. The van der Waals surface area contributed by atoms with Crippen molar-refractivity contribution >= 4 is 17.4 Å². The summed E-state index contributed by atoms with van der Waals surface area (Å²) >= 11 is 0. The summed E-state index contributed by atoms with van der Waals surface area (Å²) in [7, 11) is 0. The smallest absolute Gasteiger partial charge is 0.320 e. The Labute approximate surface area is 127 Å². The summed E-state index contributed by atoms with van der Waals surface area (Å²) in [6.07, 6.45) is 4.05. The number of aromatic nitrogens is 2. The van der Waals surface area contributed by atoms with Crippen LogP contribution in [0.3, 0.4) is 0 Å². The number of hydrogen-bond donors (Lipinski definition) is 1. The Bertz CT molecular complexity index is 702. The number of rotatable bonds is 2. The van der Waals surface area contributed by atoms with E-state index in [4.69, 9.17) is 0 Å². The van der Waals surface area contributed by atoms with Gasteiger partial charge in [0.05, 0.1) is 0 Å². The lowest BCUT2D eigenvalue weighted by molar-refractivity contribution is 0.217. The van der Waals surface area contributed by atoms with Gasteiger partial charge < -0.3 is 4.90 Å². The molecule has 0 spiro atoms. The van der Waals surface area contributed by atoms with Crippen LogP contribution in [0.4, 0.5) is 15.0 Å². The van der Waals surface area contributed by atoms with Crippen LogP contribution >= 0.6 is 0 Å². The van der Waals surface area contributed by atoms with Gasteiger partial charge in [0.25, 0.3) is 0 Å². The molecule has 5 nitrogen and oxygen atoms in total. The maximum absolute atomic E-state index is 13.8. The van der Waals surface area contributed by atoms with E-state index in [1.165, 1.54) is 6.07 Å². The van der Waals surface area contributed by atoms with Crippen molar-refractivity contribution in [1.29, 1.82) is 0 Å². The lowest BCUT2D eigenvalue weighted by Gasteiger charge is -2.26. The summed E-state index contributed by atoms with van der Waals surface area (Å²) in [5, 5.41) is 10.2. The molecule has 3 rings (SSSR count). The first-order valence-corrected chi connectivity index (χ1v) is 7.01.